The molecule has 1 saturated heterocycles. The summed E-state index contributed by atoms with van der Waals surface area (Å²) in [5.41, 5.74) is 2.70. The Hall–Kier alpha value is -1.92. The first-order valence-electron chi connectivity index (χ1n) is 6.34. The van der Waals surface area contributed by atoms with Gasteiger partial charge in [0.2, 0.25) is 5.91 Å². The van der Waals surface area contributed by atoms with Crippen LogP contribution in [0.3, 0.4) is 0 Å². The van der Waals surface area contributed by atoms with Crippen molar-refractivity contribution in [1.82, 2.24) is 10.3 Å². The summed E-state index contributed by atoms with van der Waals surface area (Å²) in [4.78, 5) is 36.2. The number of amides is 2. The van der Waals surface area contributed by atoms with E-state index in [-0.39, 0.29) is 23.7 Å². The molecule has 0 aromatic rings. The molecule has 0 atom stereocenters. The molecule has 2 aliphatic rings. The summed E-state index contributed by atoms with van der Waals surface area (Å²) < 4.78 is 4.70. The molecule has 7 heteroatoms. The minimum absolute atomic E-state index is 0.123. The molecule has 0 saturated carbocycles. The summed E-state index contributed by atoms with van der Waals surface area (Å²) in [5, 5.41) is 3.79. The smallest absolute Gasteiger partial charge is 0.308 e. The summed E-state index contributed by atoms with van der Waals surface area (Å²) in [6.45, 7) is 1.04. The number of rotatable bonds is 2. The maximum atomic E-state index is 12.1. The zero-order valence-corrected chi connectivity index (χ0v) is 10.8. The van der Waals surface area contributed by atoms with E-state index in [1.54, 1.807) is 4.90 Å². The van der Waals surface area contributed by atoms with Gasteiger partial charge in [-0.25, -0.2) is 5.43 Å². The van der Waals surface area contributed by atoms with Gasteiger partial charge in [0.15, 0.2) is 0 Å². The molecule has 0 radical (unpaired) electrons. The molecule has 1 N–H and O–H groups in total. The van der Waals surface area contributed by atoms with Gasteiger partial charge < -0.3 is 9.64 Å². The number of ether oxygens (including phenoxy) is 1. The van der Waals surface area contributed by atoms with Gasteiger partial charge in [0.1, 0.15) is 5.71 Å². The molecule has 1 fully saturated rings. The molecule has 2 heterocycles. The third-order valence-electron chi connectivity index (χ3n) is 3.47. The largest absolute Gasteiger partial charge is 0.469 e. The predicted octanol–water partition coefficient (Wildman–Crippen LogP) is -0.336. The van der Waals surface area contributed by atoms with Gasteiger partial charge in [-0.15, -0.1) is 0 Å². The van der Waals surface area contributed by atoms with Crippen LogP contribution in [0.1, 0.15) is 25.7 Å². The van der Waals surface area contributed by atoms with Gasteiger partial charge in [-0.05, 0) is 12.8 Å². The fourth-order valence-corrected chi connectivity index (χ4v) is 2.30. The molecule has 0 aromatic heterocycles. The van der Waals surface area contributed by atoms with Crippen LogP contribution in [0.25, 0.3) is 0 Å². The monoisotopic (exact) mass is 267 g/mol. The van der Waals surface area contributed by atoms with E-state index < -0.39 is 0 Å². The van der Waals surface area contributed by atoms with Crippen molar-refractivity contribution < 1.29 is 19.1 Å². The summed E-state index contributed by atoms with van der Waals surface area (Å²) in [6, 6.07) is 0. The lowest BCUT2D eigenvalue weighted by molar-refractivity contribution is -0.148. The van der Waals surface area contributed by atoms with Crippen LogP contribution in [0.5, 0.6) is 0 Å². The number of carbonyl (C=O) groups excluding carboxylic acids is 3. The first-order valence-corrected chi connectivity index (χ1v) is 6.34. The van der Waals surface area contributed by atoms with Crippen LogP contribution in [0, 0.1) is 5.92 Å². The Labute approximate surface area is 111 Å². The van der Waals surface area contributed by atoms with E-state index >= 15 is 0 Å². The maximum absolute atomic E-state index is 12.1. The van der Waals surface area contributed by atoms with Crippen LogP contribution < -0.4 is 5.43 Å². The number of hydrogen-bond acceptors (Lipinski definition) is 5. The second-order valence-electron chi connectivity index (χ2n) is 4.68. The van der Waals surface area contributed by atoms with Crippen molar-refractivity contribution in [1.29, 1.82) is 0 Å². The molecule has 0 aliphatic carbocycles. The van der Waals surface area contributed by atoms with E-state index in [1.165, 1.54) is 7.11 Å². The van der Waals surface area contributed by atoms with E-state index in [9.17, 15) is 14.4 Å². The van der Waals surface area contributed by atoms with Crippen molar-refractivity contribution in [2.45, 2.75) is 25.7 Å². The van der Waals surface area contributed by atoms with Gasteiger partial charge in [-0.3, -0.25) is 14.4 Å². The third-order valence-corrected chi connectivity index (χ3v) is 3.47. The maximum Gasteiger partial charge on any atom is 0.308 e. The number of hydrogen-bond donors (Lipinski definition) is 1. The topological polar surface area (TPSA) is 88.1 Å². The number of hydrazone groups is 1. The van der Waals surface area contributed by atoms with Crippen LogP contribution >= 0.6 is 0 Å². The molecule has 104 valence electrons. The summed E-state index contributed by atoms with van der Waals surface area (Å²) in [6.07, 6.45) is 1.89. The second-order valence-corrected chi connectivity index (χ2v) is 4.68. The number of piperidine rings is 1. The van der Waals surface area contributed by atoms with Crippen molar-refractivity contribution in [2.75, 3.05) is 20.2 Å². The van der Waals surface area contributed by atoms with Gasteiger partial charge in [-0.1, -0.05) is 0 Å². The Morgan fingerprint density at radius 3 is 2.53 bits per heavy atom. The zero-order chi connectivity index (χ0) is 13.8. The highest BCUT2D eigenvalue weighted by atomic mass is 16.5. The second kappa shape index (κ2) is 5.81. The fourth-order valence-electron chi connectivity index (χ4n) is 2.30. The molecule has 7 nitrogen and oxygen atoms in total. The molecule has 2 rings (SSSR count). The average molecular weight is 267 g/mol. The average Bonchev–Trinajstić information content (AvgIpc) is 2.46. The zero-order valence-electron chi connectivity index (χ0n) is 10.8. The van der Waals surface area contributed by atoms with Gasteiger partial charge in [0.05, 0.1) is 13.0 Å². The summed E-state index contributed by atoms with van der Waals surface area (Å²) in [7, 11) is 1.37. The quantitative estimate of drug-likeness (QED) is 0.693. The Bertz CT molecular complexity index is 425. The van der Waals surface area contributed by atoms with Crippen LogP contribution in [-0.2, 0) is 19.1 Å². The number of methoxy groups -OCH3 is 1. The fraction of sp³-hybridized carbons (Fsp3) is 0.667. The number of carbonyl (C=O) groups is 3. The number of esters is 1. The minimum Gasteiger partial charge on any atom is -0.469 e. The van der Waals surface area contributed by atoms with Crippen molar-refractivity contribution in [3.8, 4) is 0 Å². The Kier molecular flexibility index (Phi) is 4.13. The Morgan fingerprint density at radius 2 is 2.00 bits per heavy atom. The highest BCUT2D eigenvalue weighted by Crippen LogP contribution is 2.19. The van der Waals surface area contributed by atoms with E-state index in [2.05, 4.69) is 10.5 Å². The van der Waals surface area contributed by atoms with Crippen LogP contribution in [0.15, 0.2) is 5.10 Å². The van der Waals surface area contributed by atoms with Crippen molar-refractivity contribution in [3.63, 3.8) is 0 Å². The lowest BCUT2D eigenvalue weighted by Crippen LogP contribution is -2.45. The van der Waals surface area contributed by atoms with Gasteiger partial charge in [0.25, 0.3) is 5.91 Å². The van der Waals surface area contributed by atoms with Gasteiger partial charge in [-0.2, -0.15) is 5.10 Å². The van der Waals surface area contributed by atoms with E-state index in [4.69, 9.17) is 4.74 Å². The van der Waals surface area contributed by atoms with Crippen molar-refractivity contribution in [2.24, 2.45) is 11.0 Å². The Morgan fingerprint density at radius 1 is 1.32 bits per heavy atom. The molecular weight excluding hydrogens is 250 g/mol. The number of nitrogens with zero attached hydrogens (tertiary/aromatic N) is 2. The van der Waals surface area contributed by atoms with Crippen molar-refractivity contribution in [3.05, 3.63) is 0 Å². The van der Waals surface area contributed by atoms with Crippen LogP contribution in [0.2, 0.25) is 0 Å². The molecule has 2 amide bonds. The molecule has 2 aliphatic heterocycles. The summed E-state index contributed by atoms with van der Waals surface area (Å²) >= 11 is 0. The van der Waals surface area contributed by atoms with Crippen LogP contribution in [-0.4, -0.2) is 48.6 Å². The normalized spacial score (nSPS) is 20.6. The summed E-state index contributed by atoms with van der Waals surface area (Å²) in [5.74, 6) is -0.652. The molecule has 0 aromatic carbocycles. The highest BCUT2D eigenvalue weighted by molar-refractivity contribution is 6.39. The number of nitrogens with one attached hydrogen (secondary N) is 1. The number of likely N-dealkylation sites (tertiary alicyclic amines) is 1. The molecule has 19 heavy (non-hydrogen) atoms. The standard InChI is InChI=1S/C12H17N3O4/c1-19-12(18)8-4-6-15(7-5-8)11(17)9-2-3-10(16)14-13-9/h8H,2-7H2,1H3,(H,14,16). The lowest BCUT2D eigenvalue weighted by atomic mass is 9.96. The van der Waals surface area contributed by atoms with Gasteiger partial charge in [0, 0.05) is 25.9 Å². The lowest BCUT2D eigenvalue weighted by Gasteiger charge is -2.31. The first-order chi connectivity index (χ1) is 9.11. The Balaban J connectivity index is 1.89. The van der Waals surface area contributed by atoms with E-state index in [0.29, 0.717) is 44.5 Å². The van der Waals surface area contributed by atoms with Crippen LogP contribution in [0.4, 0.5) is 0 Å². The van der Waals surface area contributed by atoms with Crippen molar-refractivity contribution >= 4 is 23.5 Å². The first kappa shape index (κ1) is 13.5. The predicted molar refractivity (Wildman–Crippen MR) is 66.1 cm³/mol. The molecular formula is C12H17N3O4. The molecule has 0 bridgehead atoms. The molecule has 0 unspecified atom stereocenters. The molecule has 0 spiro atoms. The van der Waals surface area contributed by atoms with E-state index in [0.717, 1.165) is 0 Å². The SMILES string of the molecule is COC(=O)C1CCN(C(=O)C2=NNC(=O)CC2)CC1. The minimum atomic E-state index is -0.214. The van der Waals surface area contributed by atoms with Gasteiger partial charge >= 0.3 is 5.97 Å². The third kappa shape index (κ3) is 3.10. The highest BCUT2D eigenvalue weighted by Gasteiger charge is 2.30. The van der Waals surface area contributed by atoms with E-state index in [1.807, 2.05) is 0 Å².